The smallest absolute Gasteiger partial charge is 0.349 e. The van der Waals surface area contributed by atoms with Gasteiger partial charge < -0.3 is 9.13 Å². The molecule has 0 unspecified atom stereocenters. The third-order valence-electron chi connectivity index (χ3n) is 9.05. The zero-order valence-corrected chi connectivity index (χ0v) is 24.0. The van der Waals surface area contributed by atoms with E-state index < -0.39 is 11.7 Å². The maximum atomic E-state index is 14.4. The van der Waals surface area contributed by atoms with E-state index in [1.165, 1.54) is 10.6 Å². The molecular weight excluding hydrogens is 527 g/mol. The third kappa shape index (κ3) is 4.88. The predicted molar refractivity (Wildman–Crippen MR) is 153 cm³/mol. The molecule has 1 atom stereocenters. The summed E-state index contributed by atoms with van der Waals surface area (Å²) in [5.41, 5.74) is 1.09. The molecule has 1 aliphatic heterocycles. The molecule has 2 aliphatic rings. The highest BCUT2D eigenvalue weighted by Crippen LogP contribution is 2.51. The summed E-state index contributed by atoms with van der Waals surface area (Å²) in [6.45, 7) is 6.46. The van der Waals surface area contributed by atoms with E-state index in [4.69, 9.17) is 0 Å². The Kier molecular flexibility index (Phi) is 6.83. The number of piperidine rings is 1. The lowest BCUT2D eigenvalue weighted by atomic mass is 9.58. The average molecular weight is 564 g/mol. The molecule has 3 heterocycles. The first-order valence-corrected chi connectivity index (χ1v) is 14.4. The quantitative estimate of drug-likeness (QED) is 0.286. The minimum atomic E-state index is -4.58. The van der Waals surface area contributed by atoms with Crippen molar-refractivity contribution in [2.24, 2.45) is 25.9 Å². The highest BCUT2D eigenvalue weighted by atomic mass is 19.4. The van der Waals surface area contributed by atoms with E-state index in [1.807, 2.05) is 29.8 Å². The summed E-state index contributed by atoms with van der Waals surface area (Å²) in [5.74, 6) is 1.90. The highest BCUT2D eigenvalue weighted by molar-refractivity contribution is 5.87. The van der Waals surface area contributed by atoms with Crippen molar-refractivity contribution in [2.45, 2.75) is 57.7 Å². The van der Waals surface area contributed by atoms with Crippen molar-refractivity contribution < 1.29 is 13.2 Å². The molecule has 0 amide bonds. The first-order chi connectivity index (χ1) is 19.5. The van der Waals surface area contributed by atoms with Crippen LogP contribution in [-0.4, -0.2) is 37.3 Å². The van der Waals surface area contributed by atoms with Gasteiger partial charge in [0.1, 0.15) is 12.2 Å². The minimum absolute atomic E-state index is 0.0819. The molecule has 2 fully saturated rings. The molecule has 4 aromatic rings. The lowest BCUT2D eigenvalue weighted by Crippen LogP contribution is -2.43. The molecule has 1 saturated heterocycles. The Balaban J connectivity index is 1.48. The summed E-state index contributed by atoms with van der Waals surface area (Å²) < 4.78 is 46.5. The number of hydrogen-bond acceptors (Lipinski definition) is 4. The zero-order chi connectivity index (χ0) is 29.1. The van der Waals surface area contributed by atoms with Gasteiger partial charge in [-0.1, -0.05) is 32.0 Å². The van der Waals surface area contributed by atoms with Crippen molar-refractivity contribution in [3.05, 3.63) is 81.7 Å². The molecule has 2 aromatic carbocycles. The fourth-order valence-corrected chi connectivity index (χ4v) is 7.29. The number of fused-ring (bicyclic) bond motifs is 1. The van der Waals surface area contributed by atoms with Crippen LogP contribution in [0.3, 0.4) is 0 Å². The highest BCUT2D eigenvalue weighted by Gasteiger charge is 2.48. The van der Waals surface area contributed by atoms with Crippen LogP contribution in [0, 0.1) is 11.8 Å². The van der Waals surface area contributed by atoms with Crippen LogP contribution in [0.4, 0.5) is 13.2 Å². The number of benzene rings is 2. The van der Waals surface area contributed by atoms with E-state index in [0.29, 0.717) is 35.1 Å². The summed E-state index contributed by atoms with van der Waals surface area (Å²) >= 11 is 0. The lowest BCUT2D eigenvalue weighted by molar-refractivity contribution is -0.136. The maximum absolute atomic E-state index is 14.4. The normalized spacial score (nSPS) is 23.6. The fourth-order valence-electron chi connectivity index (χ4n) is 7.29. The number of alkyl halides is 3. The SMILES string of the molecule is CC1CC(c2cccc(-c3cn(C)c4c(C(F)(F)F)cc(CN5CCC[C@H](C)C5)cc4c3=O)c2)(c2nncn2C)C1. The first kappa shape index (κ1) is 27.7. The van der Waals surface area contributed by atoms with E-state index in [2.05, 4.69) is 35.0 Å². The van der Waals surface area contributed by atoms with E-state index >= 15 is 0 Å². The second kappa shape index (κ2) is 10.1. The van der Waals surface area contributed by atoms with Crippen LogP contribution in [0.2, 0.25) is 0 Å². The topological polar surface area (TPSA) is 56.0 Å². The number of pyridine rings is 1. The second-order valence-electron chi connectivity index (χ2n) is 12.4. The van der Waals surface area contributed by atoms with Crippen LogP contribution in [0.1, 0.15) is 62.0 Å². The summed E-state index contributed by atoms with van der Waals surface area (Å²) in [5, 5.41) is 8.64. The number of aryl methyl sites for hydroxylation is 2. The van der Waals surface area contributed by atoms with Gasteiger partial charge in [0.15, 0.2) is 5.43 Å². The minimum Gasteiger partial charge on any atom is -0.349 e. The van der Waals surface area contributed by atoms with Gasteiger partial charge in [-0.05, 0) is 79.0 Å². The van der Waals surface area contributed by atoms with Gasteiger partial charge >= 0.3 is 6.18 Å². The van der Waals surface area contributed by atoms with Gasteiger partial charge in [0.2, 0.25) is 0 Å². The molecule has 6 nitrogen and oxygen atoms in total. The summed E-state index contributed by atoms with van der Waals surface area (Å²) in [6, 6.07) is 10.7. The van der Waals surface area contributed by atoms with Gasteiger partial charge in [-0.2, -0.15) is 13.2 Å². The Morgan fingerprint density at radius 3 is 2.49 bits per heavy atom. The van der Waals surface area contributed by atoms with E-state index in [-0.39, 0.29) is 21.7 Å². The van der Waals surface area contributed by atoms with Gasteiger partial charge in [-0.3, -0.25) is 9.69 Å². The fraction of sp³-hybridized carbons (Fsp3) is 0.469. The number of likely N-dealkylation sites (tertiary alicyclic amines) is 1. The molecule has 0 radical (unpaired) electrons. The molecule has 0 N–H and O–H groups in total. The van der Waals surface area contributed by atoms with Crippen LogP contribution < -0.4 is 5.43 Å². The Morgan fingerprint density at radius 2 is 1.83 bits per heavy atom. The molecule has 0 spiro atoms. The summed E-state index contributed by atoms with van der Waals surface area (Å²) in [6.07, 6.45) is 2.63. The van der Waals surface area contributed by atoms with Crippen molar-refractivity contribution in [2.75, 3.05) is 13.1 Å². The van der Waals surface area contributed by atoms with Gasteiger partial charge in [0, 0.05) is 44.3 Å². The zero-order valence-electron chi connectivity index (χ0n) is 24.0. The number of halogens is 3. The number of nitrogens with zero attached hydrogens (tertiary/aromatic N) is 5. The van der Waals surface area contributed by atoms with Crippen molar-refractivity contribution in [1.29, 1.82) is 0 Å². The van der Waals surface area contributed by atoms with Crippen LogP contribution in [0.15, 0.2) is 53.7 Å². The molecule has 2 aromatic heterocycles. The van der Waals surface area contributed by atoms with Gasteiger partial charge in [-0.25, -0.2) is 0 Å². The molecule has 216 valence electrons. The van der Waals surface area contributed by atoms with E-state index in [9.17, 15) is 18.0 Å². The maximum Gasteiger partial charge on any atom is 0.418 e. The largest absolute Gasteiger partial charge is 0.418 e. The second-order valence-corrected chi connectivity index (χ2v) is 12.4. The third-order valence-corrected chi connectivity index (χ3v) is 9.05. The summed E-state index contributed by atoms with van der Waals surface area (Å²) in [4.78, 5) is 16.2. The number of aromatic nitrogens is 4. The molecule has 6 rings (SSSR count). The van der Waals surface area contributed by atoms with Crippen LogP contribution >= 0.6 is 0 Å². The monoisotopic (exact) mass is 563 g/mol. The van der Waals surface area contributed by atoms with Crippen molar-refractivity contribution in [3.8, 4) is 11.1 Å². The van der Waals surface area contributed by atoms with Crippen LogP contribution in [-0.2, 0) is 32.2 Å². The standard InChI is InChI=1S/C32H36F3N5O/c1-20-7-6-10-40(16-20)17-22-11-25-28(27(12-22)32(33,34)35)38(3)18-26(29(25)41)23-8-5-9-24(13-23)31(14-21(2)15-31)30-37-36-19-39(30)4/h5,8-9,11-13,18-21H,6-7,10,14-17H2,1-4H3/t20-,21?,31?/m0/s1. The van der Waals surface area contributed by atoms with Crippen molar-refractivity contribution in [1.82, 2.24) is 24.2 Å². The van der Waals surface area contributed by atoms with Crippen molar-refractivity contribution in [3.63, 3.8) is 0 Å². The van der Waals surface area contributed by atoms with E-state index in [0.717, 1.165) is 50.2 Å². The van der Waals surface area contributed by atoms with Gasteiger partial charge in [-0.15, -0.1) is 10.2 Å². The van der Waals surface area contributed by atoms with E-state index in [1.54, 1.807) is 25.6 Å². The Bertz CT molecular complexity index is 1660. The predicted octanol–water partition coefficient (Wildman–Crippen LogP) is 6.30. The number of hydrogen-bond donors (Lipinski definition) is 0. The molecule has 0 bridgehead atoms. The lowest BCUT2D eigenvalue weighted by Gasteiger charge is -2.46. The Hall–Kier alpha value is -3.46. The van der Waals surface area contributed by atoms with Crippen LogP contribution in [0.25, 0.3) is 22.0 Å². The average Bonchev–Trinajstić information content (AvgIpc) is 3.33. The first-order valence-electron chi connectivity index (χ1n) is 14.4. The van der Waals surface area contributed by atoms with Crippen LogP contribution in [0.5, 0.6) is 0 Å². The van der Waals surface area contributed by atoms with Gasteiger partial charge in [0.25, 0.3) is 0 Å². The molecule has 1 aliphatic carbocycles. The van der Waals surface area contributed by atoms with Crippen molar-refractivity contribution >= 4 is 10.9 Å². The van der Waals surface area contributed by atoms with Gasteiger partial charge in [0.05, 0.1) is 16.5 Å². The molecule has 1 saturated carbocycles. The summed E-state index contributed by atoms with van der Waals surface area (Å²) in [7, 11) is 3.52. The Labute approximate surface area is 237 Å². The number of rotatable bonds is 5. The molecule has 41 heavy (non-hydrogen) atoms. The Morgan fingerprint density at radius 1 is 1.05 bits per heavy atom. The molecule has 9 heteroatoms. The molecular formula is C32H36F3N5O.